The second-order valence-electron chi connectivity index (χ2n) is 5.67. The van der Waals surface area contributed by atoms with Crippen LogP contribution in [-0.4, -0.2) is 12.6 Å². The van der Waals surface area contributed by atoms with Gasteiger partial charge in [0.15, 0.2) is 0 Å². The number of ether oxygens (including phenoxy) is 1. The van der Waals surface area contributed by atoms with E-state index in [4.69, 9.17) is 4.74 Å². The molecule has 0 saturated heterocycles. The van der Waals surface area contributed by atoms with Crippen molar-refractivity contribution in [1.29, 1.82) is 0 Å². The average molecular weight is 405 g/mol. The summed E-state index contributed by atoms with van der Waals surface area (Å²) in [5.74, 6) is 1.80. The molecule has 1 aromatic rings. The third-order valence-electron chi connectivity index (χ3n) is 3.88. The highest BCUT2D eigenvalue weighted by Gasteiger charge is 2.21. The molecule has 0 amide bonds. The van der Waals surface area contributed by atoms with E-state index in [-0.39, 0.29) is 0 Å². The number of benzene rings is 1. The standard InChI is InChI=1S/C16H23Br2NO/c1-3-19-10-12-8-14(17)16(15(18)9-12)20-13-6-4-11(2)5-7-13/h8-9,11,13,19H,3-7,10H2,1-2H3. The van der Waals surface area contributed by atoms with E-state index < -0.39 is 0 Å². The van der Waals surface area contributed by atoms with Gasteiger partial charge in [-0.3, -0.25) is 0 Å². The Hall–Kier alpha value is -0.0600. The first-order valence-corrected chi connectivity index (χ1v) is 9.04. The Morgan fingerprint density at radius 1 is 1.15 bits per heavy atom. The Bertz CT molecular complexity index is 419. The molecule has 0 bridgehead atoms. The number of halogens is 2. The summed E-state index contributed by atoms with van der Waals surface area (Å²) in [6, 6.07) is 4.29. The quantitative estimate of drug-likeness (QED) is 0.720. The summed E-state index contributed by atoms with van der Waals surface area (Å²) in [5, 5.41) is 3.34. The van der Waals surface area contributed by atoms with E-state index in [0.717, 1.165) is 33.7 Å². The SMILES string of the molecule is CCNCc1cc(Br)c(OC2CCC(C)CC2)c(Br)c1. The molecule has 20 heavy (non-hydrogen) atoms. The zero-order chi connectivity index (χ0) is 14.5. The molecule has 0 aromatic heterocycles. The van der Waals surface area contributed by atoms with Gasteiger partial charge in [-0.05, 0) is 87.7 Å². The molecule has 0 heterocycles. The van der Waals surface area contributed by atoms with Crippen LogP contribution in [0.25, 0.3) is 0 Å². The van der Waals surface area contributed by atoms with Crippen molar-refractivity contribution in [3.63, 3.8) is 0 Å². The van der Waals surface area contributed by atoms with Gasteiger partial charge in [0, 0.05) is 6.54 Å². The lowest BCUT2D eigenvalue weighted by atomic mass is 9.89. The van der Waals surface area contributed by atoms with Gasteiger partial charge in [0.25, 0.3) is 0 Å². The largest absolute Gasteiger partial charge is 0.488 e. The third-order valence-corrected chi connectivity index (χ3v) is 5.06. The lowest BCUT2D eigenvalue weighted by Gasteiger charge is -2.27. The topological polar surface area (TPSA) is 21.3 Å². The summed E-state index contributed by atoms with van der Waals surface area (Å²) in [5.41, 5.74) is 1.26. The van der Waals surface area contributed by atoms with Crippen LogP contribution in [-0.2, 0) is 6.54 Å². The molecule has 1 fully saturated rings. The highest BCUT2D eigenvalue weighted by Crippen LogP contribution is 2.37. The van der Waals surface area contributed by atoms with Gasteiger partial charge in [0.2, 0.25) is 0 Å². The maximum atomic E-state index is 6.21. The third kappa shape index (κ3) is 4.47. The van der Waals surface area contributed by atoms with E-state index in [1.807, 2.05) is 0 Å². The molecule has 2 rings (SSSR count). The molecule has 0 atom stereocenters. The highest BCUT2D eigenvalue weighted by molar-refractivity contribution is 9.11. The molecule has 0 radical (unpaired) electrons. The van der Waals surface area contributed by atoms with Gasteiger partial charge in [-0.15, -0.1) is 0 Å². The maximum Gasteiger partial charge on any atom is 0.148 e. The van der Waals surface area contributed by atoms with Crippen LogP contribution in [0.4, 0.5) is 0 Å². The lowest BCUT2D eigenvalue weighted by Crippen LogP contribution is -2.23. The number of nitrogens with one attached hydrogen (secondary N) is 1. The summed E-state index contributed by atoms with van der Waals surface area (Å²) in [4.78, 5) is 0. The first-order chi connectivity index (χ1) is 9.60. The fourth-order valence-electron chi connectivity index (χ4n) is 2.61. The summed E-state index contributed by atoms with van der Waals surface area (Å²) in [7, 11) is 0. The molecule has 2 nitrogen and oxygen atoms in total. The Balaban J connectivity index is 2.04. The lowest BCUT2D eigenvalue weighted by molar-refractivity contribution is 0.134. The Kier molecular flexibility index (Phi) is 6.37. The van der Waals surface area contributed by atoms with Crippen molar-refractivity contribution in [2.24, 2.45) is 5.92 Å². The van der Waals surface area contributed by atoms with Gasteiger partial charge >= 0.3 is 0 Å². The Morgan fingerprint density at radius 2 is 1.75 bits per heavy atom. The Labute approximate surface area is 138 Å². The smallest absolute Gasteiger partial charge is 0.148 e. The van der Waals surface area contributed by atoms with Gasteiger partial charge in [0.1, 0.15) is 5.75 Å². The second kappa shape index (κ2) is 7.81. The second-order valence-corrected chi connectivity index (χ2v) is 7.38. The summed E-state index contributed by atoms with van der Waals surface area (Å²) < 4.78 is 8.29. The molecule has 112 valence electrons. The average Bonchev–Trinajstić information content (AvgIpc) is 2.42. The van der Waals surface area contributed by atoms with Crippen LogP contribution in [0.3, 0.4) is 0 Å². The van der Waals surface area contributed by atoms with Crippen molar-refractivity contribution in [1.82, 2.24) is 5.32 Å². The molecule has 1 aromatic carbocycles. The summed E-state index contributed by atoms with van der Waals surface area (Å²) in [6.45, 7) is 6.31. The van der Waals surface area contributed by atoms with Crippen molar-refractivity contribution in [3.05, 3.63) is 26.6 Å². The number of hydrogen-bond acceptors (Lipinski definition) is 2. The van der Waals surface area contributed by atoms with E-state index in [1.165, 1.54) is 31.2 Å². The van der Waals surface area contributed by atoms with Crippen molar-refractivity contribution in [3.8, 4) is 5.75 Å². The van der Waals surface area contributed by atoms with Crippen molar-refractivity contribution >= 4 is 31.9 Å². The summed E-state index contributed by atoms with van der Waals surface area (Å²) >= 11 is 7.29. The van der Waals surface area contributed by atoms with E-state index in [9.17, 15) is 0 Å². The normalized spacial score (nSPS) is 22.8. The first kappa shape index (κ1) is 16.3. The molecule has 0 aliphatic heterocycles. The summed E-state index contributed by atoms with van der Waals surface area (Å²) in [6.07, 6.45) is 5.24. The van der Waals surface area contributed by atoms with E-state index >= 15 is 0 Å². The number of hydrogen-bond donors (Lipinski definition) is 1. The zero-order valence-corrected chi connectivity index (χ0v) is 15.4. The van der Waals surface area contributed by atoms with Crippen LogP contribution in [0.5, 0.6) is 5.75 Å². The monoisotopic (exact) mass is 403 g/mol. The minimum Gasteiger partial charge on any atom is -0.488 e. The van der Waals surface area contributed by atoms with Crippen LogP contribution < -0.4 is 10.1 Å². The van der Waals surface area contributed by atoms with Crippen LogP contribution in [0.15, 0.2) is 21.1 Å². The molecule has 4 heteroatoms. The predicted molar refractivity (Wildman–Crippen MR) is 91.3 cm³/mol. The van der Waals surface area contributed by atoms with Crippen LogP contribution >= 0.6 is 31.9 Å². The fraction of sp³-hybridized carbons (Fsp3) is 0.625. The predicted octanol–water partition coefficient (Wildman–Crippen LogP) is 5.28. The van der Waals surface area contributed by atoms with Crippen LogP contribution in [0, 0.1) is 5.92 Å². The van der Waals surface area contributed by atoms with Gasteiger partial charge in [0.05, 0.1) is 15.0 Å². The molecule has 1 aliphatic rings. The minimum absolute atomic E-state index is 0.360. The van der Waals surface area contributed by atoms with Gasteiger partial charge < -0.3 is 10.1 Å². The van der Waals surface area contributed by atoms with E-state index in [1.54, 1.807) is 0 Å². The Morgan fingerprint density at radius 3 is 2.30 bits per heavy atom. The van der Waals surface area contributed by atoms with Crippen LogP contribution in [0.1, 0.15) is 45.1 Å². The maximum absolute atomic E-state index is 6.21. The zero-order valence-electron chi connectivity index (χ0n) is 12.2. The van der Waals surface area contributed by atoms with E-state index in [0.29, 0.717) is 6.10 Å². The molecular weight excluding hydrogens is 382 g/mol. The van der Waals surface area contributed by atoms with Crippen molar-refractivity contribution < 1.29 is 4.74 Å². The van der Waals surface area contributed by atoms with Gasteiger partial charge in [-0.1, -0.05) is 13.8 Å². The van der Waals surface area contributed by atoms with Gasteiger partial charge in [-0.2, -0.15) is 0 Å². The molecule has 1 saturated carbocycles. The molecule has 0 unspecified atom stereocenters. The van der Waals surface area contributed by atoms with Crippen molar-refractivity contribution in [2.45, 2.75) is 52.2 Å². The molecular formula is C16H23Br2NO. The first-order valence-electron chi connectivity index (χ1n) is 7.45. The fourth-order valence-corrected chi connectivity index (χ4v) is 4.08. The van der Waals surface area contributed by atoms with Gasteiger partial charge in [-0.25, -0.2) is 0 Å². The van der Waals surface area contributed by atoms with Crippen molar-refractivity contribution in [2.75, 3.05) is 6.54 Å². The molecule has 1 N–H and O–H groups in total. The van der Waals surface area contributed by atoms with E-state index in [2.05, 4.69) is 63.2 Å². The van der Waals surface area contributed by atoms with Crippen LogP contribution in [0.2, 0.25) is 0 Å². The highest BCUT2D eigenvalue weighted by atomic mass is 79.9. The molecule has 1 aliphatic carbocycles. The minimum atomic E-state index is 0.360. The number of rotatable bonds is 5. The molecule has 0 spiro atoms.